The number of ether oxygens (including phenoxy) is 1. The lowest BCUT2D eigenvalue weighted by atomic mass is 9.96. The second-order valence-corrected chi connectivity index (χ2v) is 6.91. The maximum atomic E-state index is 12.6. The van der Waals surface area contributed by atoms with E-state index in [0.29, 0.717) is 6.61 Å². The van der Waals surface area contributed by atoms with Gasteiger partial charge >= 0.3 is 0 Å². The number of carbonyl (C=O) groups is 1. The van der Waals surface area contributed by atoms with Crippen molar-refractivity contribution in [3.05, 3.63) is 55.4 Å². The molecule has 0 spiro atoms. The van der Waals surface area contributed by atoms with Crippen molar-refractivity contribution < 1.29 is 9.53 Å². The number of nitrogens with one attached hydrogen (secondary N) is 1. The highest BCUT2D eigenvalue weighted by Gasteiger charge is 2.26. The van der Waals surface area contributed by atoms with Gasteiger partial charge in [-0.2, -0.15) is 0 Å². The third kappa shape index (κ3) is 4.53. The van der Waals surface area contributed by atoms with Gasteiger partial charge in [-0.3, -0.25) is 9.36 Å². The van der Waals surface area contributed by atoms with E-state index in [-0.39, 0.29) is 11.8 Å². The molecule has 8 heteroatoms. The van der Waals surface area contributed by atoms with Crippen LogP contribution in [0.3, 0.4) is 0 Å². The first-order valence-corrected chi connectivity index (χ1v) is 9.82. The SMILES string of the molecule is CCOc1ccc(NC(=O)C2CCN(c3cc(-n4ccnc4)ncn3)CC2)cc1. The minimum absolute atomic E-state index is 0.00669. The van der Waals surface area contributed by atoms with Crippen LogP contribution < -0.4 is 15.0 Å². The fourth-order valence-electron chi connectivity index (χ4n) is 3.46. The minimum atomic E-state index is -0.00669. The molecule has 0 bridgehead atoms. The number of rotatable bonds is 6. The van der Waals surface area contributed by atoms with Gasteiger partial charge < -0.3 is 15.0 Å². The van der Waals surface area contributed by atoms with E-state index in [0.717, 1.165) is 49.0 Å². The second-order valence-electron chi connectivity index (χ2n) is 6.91. The number of anilines is 2. The Morgan fingerprint density at radius 1 is 1.17 bits per heavy atom. The summed E-state index contributed by atoms with van der Waals surface area (Å²) in [6.07, 6.45) is 8.42. The van der Waals surface area contributed by atoms with Crippen molar-refractivity contribution in [1.29, 1.82) is 0 Å². The average molecular weight is 392 g/mol. The molecule has 1 aromatic carbocycles. The van der Waals surface area contributed by atoms with Crippen molar-refractivity contribution in [2.45, 2.75) is 19.8 Å². The topological polar surface area (TPSA) is 85.2 Å². The predicted molar refractivity (Wildman–Crippen MR) is 110 cm³/mol. The van der Waals surface area contributed by atoms with Gasteiger partial charge in [0.1, 0.15) is 30.0 Å². The lowest BCUT2D eigenvalue weighted by molar-refractivity contribution is -0.120. The average Bonchev–Trinajstić information content (AvgIpc) is 3.31. The zero-order chi connectivity index (χ0) is 20.1. The Hall–Kier alpha value is -3.42. The van der Waals surface area contributed by atoms with Gasteiger partial charge in [-0.15, -0.1) is 0 Å². The molecular formula is C21H24N6O2. The summed E-state index contributed by atoms with van der Waals surface area (Å²) in [5.74, 6) is 2.51. The Labute approximate surface area is 169 Å². The molecule has 2 aromatic heterocycles. The number of amides is 1. The van der Waals surface area contributed by atoms with Gasteiger partial charge in [-0.1, -0.05) is 0 Å². The quantitative estimate of drug-likeness (QED) is 0.694. The van der Waals surface area contributed by atoms with Crippen LogP contribution in [0.15, 0.2) is 55.4 Å². The molecule has 1 fully saturated rings. The molecule has 8 nitrogen and oxygen atoms in total. The lowest BCUT2D eigenvalue weighted by Gasteiger charge is -2.32. The van der Waals surface area contributed by atoms with Crippen LogP contribution in [0.5, 0.6) is 5.75 Å². The summed E-state index contributed by atoms with van der Waals surface area (Å²) in [5, 5.41) is 3.01. The van der Waals surface area contributed by atoms with Gasteiger partial charge in [0, 0.05) is 43.2 Å². The number of piperidine rings is 1. The Balaban J connectivity index is 1.33. The standard InChI is InChI=1S/C21H24N6O2/c1-2-29-18-5-3-17(4-6-18)25-21(28)16-7-10-26(11-8-16)19-13-20(24-14-23-19)27-12-9-22-15-27/h3-6,9,12-16H,2,7-8,10-11H2,1H3,(H,25,28). The molecule has 0 aliphatic carbocycles. The van der Waals surface area contributed by atoms with Crippen molar-refractivity contribution in [1.82, 2.24) is 19.5 Å². The summed E-state index contributed by atoms with van der Waals surface area (Å²) in [4.78, 5) is 27.6. The summed E-state index contributed by atoms with van der Waals surface area (Å²) in [6, 6.07) is 9.43. The number of hydrogen-bond acceptors (Lipinski definition) is 6. The van der Waals surface area contributed by atoms with Crippen LogP contribution in [0.4, 0.5) is 11.5 Å². The smallest absolute Gasteiger partial charge is 0.227 e. The molecule has 29 heavy (non-hydrogen) atoms. The highest BCUT2D eigenvalue weighted by Crippen LogP contribution is 2.24. The molecule has 1 aliphatic rings. The zero-order valence-corrected chi connectivity index (χ0v) is 16.4. The molecule has 0 atom stereocenters. The van der Waals surface area contributed by atoms with E-state index < -0.39 is 0 Å². The van der Waals surface area contributed by atoms with Gasteiger partial charge in [-0.25, -0.2) is 15.0 Å². The van der Waals surface area contributed by atoms with E-state index in [9.17, 15) is 4.79 Å². The molecule has 1 saturated heterocycles. The van der Waals surface area contributed by atoms with Crippen molar-refractivity contribution >= 4 is 17.4 Å². The van der Waals surface area contributed by atoms with Crippen molar-refractivity contribution in [3.63, 3.8) is 0 Å². The van der Waals surface area contributed by atoms with Gasteiger partial charge in [0.05, 0.1) is 6.61 Å². The van der Waals surface area contributed by atoms with Crippen molar-refractivity contribution in [2.75, 3.05) is 29.9 Å². The molecule has 1 aliphatic heterocycles. The molecule has 3 aromatic rings. The molecule has 4 rings (SSSR count). The van der Waals surface area contributed by atoms with Crippen LogP contribution in [0.2, 0.25) is 0 Å². The normalized spacial score (nSPS) is 14.6. The summed E-state index contributed by atoms with van der Waals surface area (Å²) in [6.45, 7) is 4.13. The number of imidazole rings is 1. The Kier molecular flexibility index (Phi) is 5.69. The fraction of sp³-hybridized carbons (Fsp3) is 0.333. The lowest BCUT2D eigenvalue weighted by Crippen LogP contribution is -2.38. The van der Waals surface area contributed by atoms with Crippen LogP contribution in [-0.2, 0) is 4.79 Å². The van der Waals surface area contributed by atoms with Gasteiger partial charge in [0.2, 0.25) is 5.91 Å². The van der Waals surface area contributed by atoms with E-state index in [2.05, 4.69) is 25.2 Å². The molecule has 1 N–H and O–H groups in total. The summed E-state index contributed by atoms with van der Waals surface area (Å²) < 4.78 is 7.28. The number of nitrogens with zero attached hydrogens (tertiary/aromatic N) is 5. The van der Waals surface area contributed by atoms with Crippen LogP contribution in [-0.4, -0.2) is 45.1 Å². The molecule has 150 valence electrons. The number of hydrogen-bond donors (Lipinski definition) is 1. The molecule has 1 amide bonds. The third-order valence-electron chi connectivity index (χ3n) is 5.03. The Bertz CT molecular complexity index is 934. The van der Waals surface area contributed by atoms with Gasteiger partial charge in [0.25, 0.3) is 0 Å². The van der Waals surface area contributed by atoms with E-state index >= 15 is 0 Å². The summed E-state index contributed by atoms with van der Waals surface area (Å²) in [5.41, 5.74) is 0.793. The Morgan fingerprint density at radius 2 is 1.93 bits per heavy atom. The van der Waals surface area contributed by atoms with E-state index in [1.54, 1.807) is 18.9 Å². The van der Waals surface area contributed by atoms with Crippen molar-refractivity contribution in [2.24, 2.45) is 5.92 Å². The number of aromatic nitrogens is 4. The monoisotopic (exact) mass is 392 g/mol. The number of benzene rings is 1. The highest BCUT2D eigenvalue weighted by atomic mass is 16.5. The third-order valence-corrected chi connectivity index (χ3v) is 5.03. The van der Waals surface area contributed by atoms with Crippen LogP contribution in [0.25, 0.3) is 5.82 Å². The molecule has 3 heterocycles. The van der Waals surface area contributed by atoms with Gasteiger partial charge in [0.15, 0.2) is 0 Å². The first-order chi connectivity index (χ1) is 14.2. The molecule has 0 radical (unpaired) electrons. The maximum Gasteiger partial charge on any atom is 0.227 e. The van der Waals surface area contributed by atoms with Crippen LogP contribution in [0.1, 0.15) is 19.8 Å². The summed E-state index contributed by atoms with van der Waals surface area (Å²) in [7, 11) is 0. The molecule has 0 saturated carbocycles. The molecule has 0 unspecified atom stereocenters. The van der Waals surface area contributed by atoms with Crippen LogP contribution in [0, 0.1) is 5.92 Å². The zero-order valence-electron chi connectivity index (χ0n) is 16.4. The summed E-state index contributed by atoms with van der Waals surface area (Å²) >= 11 is 0. The predicted octanol–water partition coefficient (Wildman–Crippen LogP) is 2.92. The van der Waals surface area contributed by atoms with Gasteiger partial charge in [-0.05, 0) is 44.0 Å². The van der Waals surface area contributed by atoms with Crippen molar-refractivity contribution in [3.8, 4) is 11.6 Å². The highest BCUT2D eigenvalue weighted by molar-refractivity contribution is 5.92. The first-order valence-electron chi connectivity index (χ1n) is 9.82. The minimum Gasteiger partial charge on any atom is -0.494 e. The second kappa shape index (κ2) is 8.72. The van der Waals surface area contributed by atoms with E-state index in [4.69, 9.17) is 4.74 Å². The van der Waals surface area contributed by atoms with E-state index in [1.165, 1.54) is 0 Å². The van der Waals surface area contributed by atoms with E-state index in [1.807, 2.05) is 48.0 Å². The maximum absolute atomic E-state index is 12.6. The first kappa shape index (κ1) is 18.9. The fourth-order valence-corrected chi connectivity index (χ4v) is 3.46. The largest absolute Gasteiger partial charge is 0.494 e. The Morgan fingerprint density at radius 3 is 2.62 bits per heavy atom. The van der Waals surface area contributed by atoms with Crippen LogP contribution >= 0.6 is 0 Å². The number of carbonyl (C=O) groups excluding carboxylic acids is 1. The molecular weight excluding hydrogens is 368 g/mol.